The lowest BCUT2D eigenvalue weighted by atomic mass is 10.1. The predicted octanol–water partition coefficient (Wildman–Crippen LogP) is 3.07. The van der Waals surface area contributed by atoms with Crippen LogP contribution < -0.4 is 10.2 Å². The number of benzene rings is 1. The van der Waals surface area contributed by atoms with Gasteiger partial charge in [0.05, 0.1) is 17.3 Å². The van der Waals surface area contributed by atoms with E-state index in [2.05, 4.69) is 5.32 Å². The molecule has 110 valence electrons. The first-order chi connectivity index (χ1) is 9.34. The van der Waals surface area contributed by atoms with Crippen LogP contribution in [-0.2, 0) is 11.0 Å². The number of likely N-dealkylation sites (N-methyl/N-ethyl adjacent to an activating group) is 1. The van der Waals surface area contributed by atoms with E-state index in [1.165, 1.54) is 17.0 Å². The smallest absolute Gasteiger partial charge is 0.310 e. The Labute approximate surface area is 119 Å². The van der Waals surface area contributed by atoms with Crippen molar-refractivity contribution in [2.75, 3.05) is 18.0 Å². The Morgan fingerprint density at radius 1 is 1.45 bits per heavy atom. The number of anilines is 1. The Bertz CT molecular complexity index is 519. The Balaban J connectivity index is 2.37. The van der Waals surface area contributed by atoms with E-state index in [1.54, 1.807) is 0 Å². The molecule has 0 aliphatic carbocycles. The number of hydrogen-bond acceptors (Lipinski definition) is 2. The number of carbonyl (C=O) groups excluding carboxylic acids is 1. The molecule has 0 bridgehead atoms. The van der Waals surface area contributed by atoms with E-state index in [4.69, 9.17) is 11.6 Å². The first-order valence-corrected chi connectivity index (χ1v) is 6.64. The lowest BCUT2D eigenvalue weighted by Crippen LogP contribution is -2.38. The van der Waals surface area contributed by atoms with E-state index in [1.807, 2.05) is 6.92 Å². The summed E-state index contributed by atoms with van der Waals surface area (Å²) in [6.07, 6.45) is -4.05. The van der Waals surface area contributed by atoms with Crippen molar-refractivity contribution >= 4 is 23.2 Å². The number of rotatable bonds is 3. The molecule has 1 aromatic carbocycles. The summed E-state index contributed by atoms with van der Waals surface area (Å²) in [5.74, 6) is -0.334. The van der Waals surface area contributed by atoms with Gasteiger partial charge < -0.3 is 10.2 Å². The van der Waals surface area contributed by atoms with Crippen molar-refractivity contribution < 1.29 is 18.0 Å². The summed E-state index contributed by atoms with van der Waals surface area (Å²) in [7, 11) is 0. The van der Waals surface area contributed by atoms with Crippen LogP contribution in [0.1, 0.15) is 18.9 Å². The Hall–Kier alpha value is -1.27. The minimum atomic E-state index is -4.54. The summed E-state index contributed by atoms with van der Waals surface area (Å²) in [6, 6.07) is 3.04. The van der Waals surface area contributed by atoms with Crippen molar-refractivity contribution in [3.63, 3.8) is 0 Å². The molecule has 3 nitrogen and oxygen atoms in total. The number of alkyl halides is 3. The van der Waals surface area contributed by atoms with Gasteiger partial charge in [0.1, 0.15) is 0 Å². The maximum atomic E-state index is 13.0. The molecule has 1 fully saturated rings. The molecule has 1 saturated heterocycles. The molecule has 1 aromatic rings. The zero-order valence-electron chi connectivity index (χ0n) is 10.8. The first-order valence-electron chi connectivity index (χ1n) is 6.26. The molecule has 7 heteroatoms. The minimum absolute atomic E-state index is 0.00375. The average molecular weight is 307 g/mol. The van der Waals surface area contributed by atoms with Gasteiger partial charge in [-0.05, 0) is 31.2 Å². The molecule has 20 heavy (non-hydrogen) atoms. The fourth-order valence-corrected chi connectivity index (χ4v) is 2.50. The molecule has 1 amide bonds. The predicted molar refractivity (Wildman–Crippen MR) is 70.9 cm³/mol. The van der Waals surface area contributed by atoms with E-state index in [-0.39, 0.29) is 23.2 Å². The van der Waals surface area contributed by atoms with Crippen LogP contribution in [0.2, 0.25) is 5.02 Å². The van der Waals surface area contributed by atoms with Gasteiger partial charge in [-0.25, -0.2) is 0 Å². The monoisotopic (exact) mass is 306 g/mol. The van der Waals surface area contributed by atoms with Gasteiger partial charge in [-0.1, -0.05) is 18.5 Å². The molecule has 1 aliphatic rings. The lowest BCUT2D eigenvalue weighted by Gasteiger charge is -2.22. The molecular weight excluding hydrogens is 293 g/mol. The summed E-state index contributed by atoms with van der Waals surface area (Å²) in [6.45, 7) is 2.71. The second-order valence-electron chi connectivity index (χ2n) is 4.55. The van der Waals surface area contributed by atoms with E-state index in [0.717, 1.165) is 6.07 Å². The van der Waals surface area contributed by atoms with Gasteiger partial charge in [-0.15, -0.1) is 0 Å². The molecule has 0 saturated carbocycles. The summed E-state index contributed by atoms with van der Waals surface area (Å²) in [5.41, 5.74) is -1.01. The van der Waals surface area contributed by atoms with Crippen molar-refractivity contribution in [1.29, 1.82) is 0 Å². The van der Waals surface area contributed by atoms with Gasteiger partial charge in [-0.2, -0.15) is 13.2 Å². The van der Waals surface area contributed by atoms with Gasteiger partial charge in [0.15, 0.2) is 0 Å². The van der Waals surface area contributed by atoms with Gasteiger partial charge in [-0.3, -0.25) is 4.79 Å². The van der Waals surface area contributed by atoms with Gasteiger partial charge in [0.2, 0.25) is 5.91 Å². The topological polar surface area (TPSA) is 32.3 Å². The fourth-order valence-electron chi connectivity index (χ4n) is 2.33. The number of amides is 1. The van der Waals surface area contributed by atoms with Crippen molar-refractivity contribution in [2.24, 2.45) is 0 Å². The average Bonchev–Trinajstić information content (AvgIpc) is 2.71. The SMILES string of the molecule is CCNC1CCN(c2ccc(Cl)cc2C(F)(F)F)C1=O. The van der Waals surface area contributed by atoms with E-state index in [0.29, 0.717) is 13.0 Å². The van der Waals surface area contributed by atoms with Gasteiger partial charge in [0, 0.05) is 11.6 Å². The standard InChI is InChI=1S/C13H14ClF3N2O/c1-2-18-10-5-6-19(12(10)20)11-4-3-8(14)7-9(11)13(15,16)17/h3-4,7,10,18H,2,5-6H2,1H3. The Kier molecular flexibility index (Phi) is 4.25. The second kappa shape index (κ2) is 5.61. The van der Waals surface area contributed by atoms with Crippen LogP contribution >= 0.6 is 11.6 Å². The van der Waals surface area contributed by atoms with Gasteiger partial charge in [0.25, 0.3) is 0 Å². The number of halogens is 4. The summed E-state index contributed by atoms with van der Waals surface area (Å²) in [4.78, 5) is 13.3. The zero-order valence-corrected chi connectivity index (χ0v) is 11.6. The highest BCUT2D eigenvalue weighted by Gasteiger charge is 2.39. The van der Waals surface area contributed by atoms with Crippen LogP contribution in [0.15, 0.2) is 18.2 Å². The van der Waals surface area contributed by atoms with E-state index in [9.17, 15) is 18.0 Å². The third-order valence-corrected chi connectivity index (χ3v) is 3.45. The highest BCUT2D eigenvalue weighted by molar-refractivity contribution is 6.30. The molecule has 0 spiro atoms. The molecule has 0 radical (unpaired) electrons. The normalized spacial score (nSPS) is 19.8. The van der Waals surface area contributed by atoms with Crippen LogP contribution in [0.25, 0.3) is 0 Å². The third kappa shape index (κ3) is 2.91. The molecule has 1 N–H and O–H groups in total. The summed E-state index contributed by atoms with van der Waals surface area (Å²) in [5, 5.41) is 2.96. The Morgan fingerprint density at radius 3 is 2.75 bits per heavy atom. The molecule has 2 rings (SSSR count). The molecule has 1 aliphatic heterocycles. The van der Waals surface area contributed by atoms with E-state index < -0.39 is 17.8 Å². The molecule has 1 heterocycles. The van der Waals surface area contributed by atoms with Crippen LogP contribution in [0.4, 0.5) is 18.9 Å². The van der Waals surface area contributed by atoms with Crippen LogP contribution in [-0.4, -0.2) is 25.0 Å². The minimum Gasteiger partial charge on any atom is -0.310 e. The third-order valence-electron chi connectivity index (χ3n) is 3.21. The van der Waals surface area contributed by atoms with Crippen molar-refractivity contribution in [3.05, 3.63) is 28.8 Å². The van der Waals surface area contributed by atoms with Crippen molar-refractivity contribution in [2.45, 2.75) is 25.6 Å². The Morgan fingerprint density at radius 2 is 2.15 bits per heavy atom. The van der Waals surface area contributed by atoms with E-state index >= 15 is 0 Å². The highest BCUT2D eigenvalue weighted by atomic mass is 35.5. The maximum absolute atomic E-state index is 13.0. The molecular formula is C13H14ClF3N2O. The number of nitrogens with one attached hydrogen (secondary N) is 1. The zero-order chi connectivity index (χ0) is 14.9. The van der Waals surface area contributed by atoms with Crippen LogP contribution in [0.5, 0.6) is 0 Å². The molecule has 0 aromatic heterocycles. The van der Waals surface area contributed by atoms with Gasteiger partial charge >= 0.3 is 6.18 Å². The first kappa shape index (κ1) is 15.1. The number of carbonyl (C=O) groups is 1. The van der Waals surface area contributed by atoms with Crippen LogP contribution in [0.3, 0.4) is 0 Å². The highest BCUT2D eigenvalue weighted by Crippen LogP contribution is 2.39. The fraction of sp³-hybridized carbons (Fsp3) is 0.462. The number of hydrogen-bond donors (Lipinski definition) is 1. The quantitative estimate of drug-likeness (QED) is 0.931. The summed E-state index contributed by atoms with van der Waals surface area (Å²) >= 11 is 5.63. The number of nitrogens with zero attached hydrogens (tertiary/aromatic N) is 1. The van der Waals surface area contributed by atoms with Crippen molar-refractivity contribution in [1.82, 2.24) is 5.32 Å². The van der Waals surface area contributed by atoms with Crippen LogP contribution in [0, 0.1) is 0 Å². The maximum Gasteiger partial charge on any atom is 0.418 e. The second-order valence-corrected chi connectivity index (χ2v) is 4.98. The largest absolute Gasteiger partial charge is 0.418 e. The summed E-state index contributed by atoms with van der Waals surface area (Å²) < 4.78 is 39.1. The molecule has 1 unspecified atom stereocenters. The lowest BCUT2D eigenvalue weighted by molar-refractivity contribution is -0.137. The van der Waals surface area contributed by atoms with Crippen molar-refractivity contribution in [3.8, 4) is 0 Å². The molecule has 1 atom stereocenters.